The summed E-state index contributed by atoms with van der Waals surface area (Å²) in [5, 5.41) is 7.76. The van der Waals surface area contributed by atoms with E-state index in [4.69, 9.17) is 4.74 Å². The van der Waals surface area contributed by atoms with Crippen LogP contribution in [-0.2, 0) is 17.8 Å². The Morgan fingerprint density at radius 3 is 2.96 bits per heavy atom. The Hall–Kier alpha value is -2.74. The predicted octanol–water partition coefficient (Wildman–Crippen LogP) is 2.25. The maximum Gasteiger partial charge on any atom is 0.275 e. The summed E-state index contributed by atoms with van der Waals surface area (Å²) in [6, 6.07) is 8.47. The van der Waals surface area contributed by atoms with Crippen LogP contribution in [0, 0.1) is 0 Å². The van der Waals surface area contributed by atoms with Gasteiger partial charge >= 0.3 is 0 Å². The van der Waals surface area contributed by atoms with E-state index in [0.717, 1.165) is 11.4 Å². The van der Waals surface area contributed by atoms with E-state index < -0.39 is 0 Å². The van der Waals surface area contributed by atoms with Crippen molar-refractivity contribution < 1.29 is 9.53 Å². The third-order valence-electron chi connectivity index (χ3n) is 3.18. The Morgan fingerprint density at radius 1 is 1.38 bits per heavy atom. The molecule has 0 fully saturated rings. The second-order valence-electron chi connectivity index (χ2n) is 5.13. The number of ether oxygens (including phenoxy) is 1. The SMILES string of the molecule is CCc1nn2c(=O)cc(COc3cccc(NC(C)=O)c3)nc2s1. The number of fused-ring (bicyclic) bond motifs is 1. The fourth-order valence-electron chi connectivity index (χ4n) is 2.14. The first-order valence-corrected chi connectivity index (χ1v) is 8.26. The molecule has 8 heteroatoms. The van der Waals surface area contributed by atoms with Gasteiger partial charge in [-0.15, -0.1) is 0 Å². The Bertz CT molecular complexity index is 948. The minimum atomic E-state index is -0.221. The van der Waals surface area contributed by atoms with Crippen molar-refractivity contribution in [2.45, 2.75) is 26.9 Å². The summed E-state index contributed by atoms with van der Waals surface area (Å²) >= 11 is 1.39. The lowest BCUT2D eigenvalue weighted by Gasteiger charge is -2.08. The number of nitrogens with one attached hydrogen (secondary N) is 1. The Labute approximate surface area is 141 Å². The molecule has 3 rings (SSSR count). The minimum Gasteiger partial charge on any atom is -0.487 e. The number of amides is 1. The first-order chi connectivity index (χ1) is 11.5. The van der Waals surface area contributed by atoms with E-state index >= 15 is 0 Å². The van der Waals surface area contributed by atoms with E-state index in [9.17, 15) is 9.59 Å². The van der Waals surface area contributed by atoms with Gasteiger partial charge in [0.1, 0.15) is 17.4 Å². The van der Waals surface area contributed by atoms with Gasteiger partial charge in [0.15, 0.2) is 0 Å². The lowest BCUT2D eigenvalue weighted by molar-refractivity contribution is -0.114. The Balaban J connectivity index is 1.78. The third kappa shape index (κ3) is 3.60. The molecular formula is C16H16N4O3S. The smallest absolute Gasteiger partial charge is 0.275 e. The standard InChI is InChI=1S/C16H16N4O3S/c1-3-14-19-20-15(22)8-12(18-16(20)24-14)9-23-13-6-4-5-11(7-13)17-10(2)21/h4-8H,3,9H2,1-2H3,(H,17,21). The van der Waals surface area contributed by atoms with Crippen LogP contribution in [0.1, 0.15) is 24.5 Å². The van der Waals surface area contributed by atoms with Crippen molar-refractivity contribution in [3.8, 4) is 5.75 Å². The van der Waals surface area contributed by atoms with Crippen LogP contribution in [-0.4, -0.2) is 20.5 Å². The van der Waals surface area contributed by atoms with Gasteiger partial charge in [-0.25, -0.2) is 4.98 Å². The number of nitrogens with zero attached hydrogens (tertiary/aromatic N) is 3. The summed E-state index contributed by atoms with van der Waals surface area (Å²) in [4.78, 5) is 28.1. The topological polar surface area (TPSA) is 85.6 Å². The van der Waals surface area contributed by atoms with Gasteiger partial charge < -0.3 is 10.1 Å². The van der Waals surface area contributed by atoms with Crippen molar-refractivity contribution in [1.29, 1.82) is 0 Å². The molecule has 3 aromatic rings. The van der Waals surface area contributed by atoms with Gasteiger partial charge in [-0.2, -0.15) is 9.61 Å². The third-order valence-corrected chi connectivity index (χ3v) is 4.24. The van der Waals surface area contributed by atoms with Gasteiger partial charge in [0.2, 0.25) is 10.9 Å². The number of hydrogen-bond acceptors (Lipinski definition) is 6. The number of carbonyl (C=O) groups is 1. The number of anilines is 1. The highest BCUT2D eigenvalue weighted by Crippen LogP contribution is 2.18. The van der Waals surface area contributed by atoms with Crippen LogP contribution in [0.25, 0.3) is 4.96 Å². The van der Waals surface area contributed by atoms with Gasteiger partial charge in [0, 0.05) is 24.7 Å². The maximum absolute atomic E-state index is 12.1. The molecule has 0 bridgehead atoms. The van der Waals surface area contributed by atoms with E-state index in [1.807, 2.05) is 6.92 Å². The zero-order valence-electron chi connectivity index (χ0n) is 13.3. The van der Waals surface area contributed by atoms with Crippen molar-refractivity contribution in [2.75, 3.05) is 5.32 Å². The molecule has 1 aromatic carbocycles. The van der Waals surface area contributed by atoms with Crippen molar-refractivity contribution in [1.82, 2.24) is 14.6 Å². The molecule has 2 aromatic heterocycles. The van der Waals surface area contributed by atoms with Crippen molar-refractivity contribution in [3.63, 3.8) is 0 Å². The largest absolute Gasteiger partial charge is 0.487 e. The summed E-state index contributed by atoms with van der Waals surface area (Å²) in [7, 11) is 0. The molecule has 0 saturated carbocycles. The number of carbonyl (C=O) groups excluding carboxylic acids is 1. The number of hydrogen-bond donors (Lipinski definition) is 1. The lowest BCUT2D eigenvalue weighted by atomic mass is 10.3. The van der Waals surface area contributed by atoms with Crippen molar-refractivity contribution in [3.05, 3.63) is 51.4 Å². The molecule has 0 aliphatic rings. The quantitative estimate of drug-likeness (QED) is 0.767. The monoisotopic (exact) mass is 344 g/mol. The fraction of sp³-hybridized carbons (Fsp3) is 0.250. The molecule has 1 N–H and O–H groups in total. The average molecular weight is 344 g/mol. The van der Waals surface area contributed by atoms with Crippen molar-refractivity contribution >= 4 is 27.9 Å². The maximum atomic E-state index is 12.1. The highest BCUT2D eigenvalue weighted by Gasteiger charge is 2.08. The molecular weight excluding hydrogens is 328 g/mol. The molecule has 0 spiro atoms. The molecule has 24 heavy (non-hydrogen) atoms. The van der Waals surface area contributed by atoms with Crippen LogP contribution in [0.15, 0.2) is 35.1 Å². The number of benzene rings is 1. The minimum absolute atomic E-state index is 0.149. The molecule has 2 heterocycles. The average Bonchev–Trinajstić information content (AvgIpc) is 2.96. The molecule has 124 valence electrons. The summed E-state index contributed by atoms with van der Waals surface area (Å²) in [6.07, 6.45) is 0.759. The van der Waals surface area contributed by atoms with Crippen LogP contribution < -0.4 is 15.6 Å². The number of rotatable bonds is 5. The summed E-state index contributed by atoms with van der Waals surface area (Å²) in [6.45, 7) is 3.59. The van der Waals surface area contributed by atoms with Crippen LogP contribution >= 0.6 is 11.3 Å². The molecule has 0 saturated heterocycles. The van der Waals surface area contributed by atoms with Gasteiger partial charge in [0.25, 0.3) is 5.56 Å². The van der Waals surface area contributed by atoms with Crippen LogP contribution in [0.4, 0.5) is 5.69 Å². The second kappa shape index (κ2) is 6.79. The summed E-state index contributed by atoms with van der Waals surface area (Å²) in [5.74, 6) is 0.436. The molecule has 1 amide bonds. The fourth-order valence-corrected chi connectivity index (χ4v) is 2.99. The molecule has 0 aliphatic heterocycles. The van der Waals surface area contributed by atoms with E-state index in [0.29, 0.717) is 22.1 Å². The highest BCUT2D eigenvalue weighted by molar-refractivity contribution is 7.16. The molecule has 0 atom stereocenters. The summed E-state index contributed by atoms with van der Waals surface area (Å²) in [5.41, 5.74) is 0.969. The zero-order valence-corrected chi connectivity index (χ0v) is 14.1. The normalized spacial score (nSPS) is 10.8. The predicted molar refractivity (Wildman–Crippen MR) is 91.6 cm³/mol. The van der Waals surface area contributed by atoms with Crippen molar-refractivity contribution in [2.24, 2.45) is 0 Å². The van der Waals surface area contributed by atoms with Crippen LogP contribution in [0.2, 0.25) is 0 Å². The summed E-state index contributed by atoms with van der Waals surface area (Å²) < 4.78 is 6.98. The molecule has 7 nitrogen and oxygen atoms in total. The van der Waals surface area contributed by atoms with Gasteiger partial charge in [0.05, 0.1) is 5.69 Å². The Morgan fingerprint density at radius 2 is 2.21 bits per heavy atom. The lowest BCUT2D eigenvalue weighted by Crippen LogP contribution is -2.16. The Kier molecular flexibility index (Phi) is 4.57. The second-order valence-corrected chi connectivity index (χ2v) is 6.17. The van der Waals surface area contributed by atoms with E-state index in [2.05, 4.69) is 15.4 Å². The van der Waals surface area contributed by atoms with Gasteiger partial charge in [-0.05, 0) is 18.6 Å². The number of aromatic nitrogens is 3. The van der Waals surface area contributed by atoms with Crippen LogP contribution in [0.3, 0.4) is 0 Å². The first-order valence-electron chi connectivity index (χ1n) is 7.44. The number of aryl methyl sites for hydroxylation is 1. The van der Waals surface area contributed by atoms with Gasteiger partial charge in [-0.3, -0.25) is 9.59 Å². The van der Waals surface area contributed by atoms with E-state index in [-0.39, 0.29) is 18.1 Å². The zero-order chi connectivity index (χ0) is 17.1. The van der Waals surface area contributed by atoms with Crippen LogP contribution in [0.5, 0.6) is 5.75 Å². The molecule has 0 aliphatic carbocycles. The first kappa shape index (κ1) is 16.1. The van der Waals surface area contributed by atoms with Gasteiger partial charge in [-0.1, -0.05) is 24.3 Å². The highest BCUT2D eigenvalue weighted by atomic mass is 32.1. The van der Waals surface area contributed by atoms with E-state index in [1.54, 1.807) is 24.3 Å². The molecule has 0 radical (unpaired) electrons. The van der Waals surface area contributed by atoms with E-state index in [1.165, 1.54) is 28.8 Å². The molecule has 0 unspecified atom stereocenters.